The minimum Gasteiger partial charge on any atom is -0.481 e. The predicted octanol–water partition coefficient (Wildman–Crippen LogP) is 2.55. The molecule has 3 nitrogen and oxygen atoms in total. The van der Waals surface area contributed by atoms with E-state index in [2.05, 4.69) is 5.92 Å². The lowest BCUT2D eigenvalue weighted by Gasteiger charge is -2.11. The molecule has 19 heavy (non-hydrogen) atoms. The summed E-state index contributed by atoms with van der Waals surface area (Å²) >= 11 is 0. The van der Waals surface area contributed by atoms with Crippen LogP contribution in [0.2, 0.25) is 0 Å². The highest BCUT2D eigenvalue weighted by Crippen LogP contribution is 2.21. The van der Waals surface area contributed by atoms with Crippen molar-refractivity contribution in [3.05, 3.63) is 52.8 Å². The maximum absolute atomic E-state index is 11.8. The highest BCUT2D eigenvalue weighted by atomic mass is 16.5. The molecule has 0 N–H and O–H groups in total. The topological polar surface area (TPSA) is 31.2 Å². The smallest absolute Gasteiger partial charge is 0.250 e. The average Bonchev–Trinajstić information content (AvgIpc) is 2.45. The number of terminal acetylenes is 1. The van der Waals surface area contributed by atoms with Crippen LogP contribution in [0.1, 0.15) is 6.92 Å². The Labute approximate surface area is 112 Å². The number of hydrogen-bond donors (Lipinski definition) is 0. The predicted molar refractivity (Wildman–Crippen MR) is 76.1 cm³/mol. The molecular weight excluding hydrogens is 238 g/mol. The van der Waals surface area contributed by atoms with Gasteiger partial charge in [-0.3, -0.25) is 4.79 Å². The zero-order chi connectivity index (χ0) is 13.7. The first-order valence-corrected chi connectivity index (χ1v) is 6.13. The average molecular weight is 253 g/mol. The monoisotopic (exact) mass is 253 g/mol. The minimum absolute atomic E-state index is 0.00709. The number of benzene rings is 1. The van der Waals surface area contributed by atoms with Crippen molar-refractivity contribution in [3.63, 3.8) is 0 Å². The highest BCUT2D eigenvalue weighted by molar-refractivity contribution is 5.60. The van der Waals surface area contributed by atoms with Crippen molar-refractivity contribution < 1.29 is 4.74 Å². The van der Waals surface area contributed by atoms with Crippen molar-refractivity contribution in [2.75, 3.05) is 6.61 Å². The lowest BCUT2D eigenvalue weighted by Crippen LogP contribution is -2.19. The summed E-state index contributed by atoms with van der Waals surface area (Å²) in [6.07, 6.45) is 5.14. The van der Waals surface area contributed by atoms with E-state index in [0.717, 1.165) is 17.0 Å². The van der Waals surface area contributed by atoms with E-state index in [1.807, 2.05) is 37.3 Å². The molecule has 0 saturated heterocycles. The van der Waals surface area contributed by atoms with E-state index >= 15 is 0 Å². The van der Waals surface area contributed by atoms with Gasteiger partial charge in [0.05, 0.1) is 5.69 Å². The summed E-state index contributed by atoms with van der Waals surface area (Å²) in [5.74, 6) is 3.15. The van der Waals surface area contributed by atoms with Crippen LogP contribution in [-0.4, -0.2) is 11.2 Å². The maximum Gasteiger partial charge on any atom is 0.250 e. The van der Waals surface area contributed by atoms with Gasteiger partial charge in [-0.15, -0.1) is 6.42 Å². The first-order chi connectivity index (χ1) is 9.26. The van der Waals surface area contributed by atoms with Gasteiger partial charge in [-0.05, 0) is 42.8 Å². The van der Waals surface area contributed by atoms with Crippen LogP contribution in [0.3, 0.4) is 0 Å². The van der Waals surface area contributed by atoms with Crippen molar-refractivity contribution in [2.45, 2.75) is 13.5 Å². The van der Waals surface area contributed by atoms with E-state index < -0.39 is 0 Å². The molecule has 1 aromatic carbocycles. The quantitative estimate of drug-likeness (QED) is 0.784. The van der Waals surface area contributed by atoms with Gasteiger partial charge in [-0.25, -0.2) is 0 Å². The van der Waals surface area contributed by atoms with Crippen LogP contribution in [0.25, 0.3) is 11.3 Å². The first kappa shape index (κ1) is 13.0. The van der Waals surface area contributed by atoms with Crippen molar-refractivity contribution in [1.82, 2.24) is 4.57 Å². The van der Waals surface area contributed by atoms with Gasteiger partial charge in [0.25, 0.3) is 5.56 Å². The summed E-state index contributed by atoms with van der Waals surface area (Å²) in [7, 11) is 0. The Kier molecular flexibility index (Phi) is 4.04. The van der Waals surface area contributed by atoms with Gasteiger partial charge in [-0.2, -0.15) is 0 Å². The number of aromatic nitrogens is 1. The van der Waals surface area contributed by atoms with E-state index in [-0.39, 0.29) is 12.2 Å². The molecule has 96 valence electrons. The van der Waals surface area contributed by atoms with Gasteiger partial charge in [0.2, 0.25) is 0 Å². The van der Waals surface area contributed by atoms with E-state index in [0.29, 0.717) is 6.54 Å². The molecule has 0 amide bonds. The summed E-state index contributed by atoms with van der Waals surface area (Å²) in [4.78, 5) is 11.8. The Morgan fingerprint density at radius 2 is 1.95 bits per heavy atom. The van der Waals surface area contributed by atoms with Gasteiger partial charge in [0.1, 0.15) is 12.4 Å². The number of hydrogen-bond acceptors (Lipinski definition) is 2. The second-order valence-corrected chi connectivity index (χ2v) is 4.01. The molecule has 1 aromatic heterocycles. The van der Waals surface area contributed by atoms with Crippen LogP contribution in [0.5, 0.6) is 5.75 Å². The van der Waals surface area contributed by atoms with Crippen LogP contribution < -0.4 is 10.3 Å². The fourth-order valence-electron chi connectivity index (χ4n) is 1.95. The van der Waals surface area contributed by atoms with Crippen molar-refractivity contribution >= 4 is 0 Å². The molecule has 0 atom stereocenters. The molecule has 1 heterocycles. The standard InChI is InChI=1S/C16H15NO2/c1-3-12-19-14-10-8-13(9-11-14)15-6-5-7-16(18)17(15)4-2/h1,5-11H,4,12H2,2H3. The molecule has 3 heteroatoms. The third kappa shape index (κ3) is 2.86. The molecule has 2 aromatic rings. The van der Waals surface area contributed by atoms with E-state index in [4.69, 9.17) is 11.2 Å². The van der Waals surface area contributed by atoms with Gasteiger partial charge in [-0.1, -0.05) is 12.0 Å². The fourth-order valence-corrected chi connectivity index (χ4v) is 1.95. The van der Waals surface area contributed by atoms with Crippen molar-refractivity contribution in [3.8, 4) is 29.4 Å². The number of nitrogens with zero attached hydrogens (tertiary/aromatic N) is 1. The highest BCUT2D eigenvalue weighted by Gasteiger charge is 2.04. The Hall–Kier alpha value is -2.47. The third-order valence-electron chi connectivity index (χ3n) is 2.84. The first-order valence-electron chi connectivity index (χ1n) is 6.13. The Bertz CT molecular complexity index is 648. The van der Waals surface area contributed by atoms with Crippen LogP contribution in [0.15, 0.2) is 47.3 Å². The largest absolute Gasteiger partial charge is 0.481 e. The molecule has 0 unspecified atom stereocenters. The van der Waals surface area contributed by atoms with Crippen molar-refractivity contribution in [2.24, 2.45) is 0 Å². The molecular formula is C16H15NO2. The van der Waals surface area contributed by atoms with Gasteiger partial charge < -0.3 is 9.30 Å². The lowest BCUT2D eigenvalue weighted by atomic mass is 10.1. The summed E-state index contributed by atoms with van der Waals surface area (Å²) in [6.45, 7) is 2.85. The molecule has 0 bridgehead atoms. The van der Waals surface area contributed by atoms with Gasteiger partial charge in [0, 0.05) is 12.6 Å². The van der Waals surface area contributed by atoms with Crippen LogP contribution in [0, 0.1) is 12.3 Å². The Morgan fingerprint density at radius 1 is 1.21 bits per heavy atom. The van der Waals surface area contributed by atoms with E-state index in [1.54, 1.807) is 16.7 Å². The fraction of sp³-hybridized carbons (Fsp3) is 0.188. The van der Waals surface area contributed by atoms with Crippen LogP contribution in [0.4, 0.5) is 0 Å². The molecule has 0 aliphatic carbocycles. The van der Waals surface area contributed by atoms with Gasteiger partial charge >= 0.3 is 0 Å². The second-order valence-electron chi connectivity index (χ2n) is 4.01. The lowest BCUT2D eigenvalue weighted by molar-refractivity contribution is 0.370. The second kappa shape index (κ2) is 5.92. The molecule has 0 radical (unpaired) electrons. The summed E-state index contributed by atoms with van der Waals surface area (Å²) in [5.41, 5.74) is 1.89. The van der Waals surface area contributed by atoms with Gasteiger partial charge in [0.15, 0.2) is 0 Å². The van der Waals surface area contributed by atoms with Crippen LogP contribution >= 0.6 is 0 Å². The maximum atomic E-state index is 11.8. The SMILES string of the molecule is C#CCOc1ccc(-c2cccc(=O)n2CC)cc1. The van der Waals surface area contributed by atoms with E-state index in [9.17, 15) is 4.79 Å². The Morgan fingerprint density at radius 3 is 2.58 bits per heavy atom. The summed E-state index contributed by atoms with van der Waals surface area (Å²) in [5, 5.41) is 0. The molecule has 0 aliphatic heterocycles. The molecule has 2 rings (SSSR count). The molecule has 0 spiro atoms. The zero-order valence-corrected chi connectivity index (χ0v) is 10.8. The summed E-state index contributed by atoms with van der Waals surface area (Å²) < 4.78 is 7.06. The van der Waals surface area contributed by atoms with Crippen molar-refractivity contribution in [1.29, 1.82) is 0 Å². The summed E-state index contributed by atoms with van der Waals surface area (Å²) in [6, 6.07) is 12.8. The van der Waals surface area contributed by atoms with Crippen LogP contribution in [-0.2, 0) is 6.54 Å². The number of ether oxygens (including phenoxy) is 1. The number of pyridine rings is 1. The van der Waals surface area contributed by atoms with E-state index in [1.165, 1.54) is 0 Å². The zero-order valence-electron chi connectivity index (χ0n) is 10.8. The third-order valence-corrected chi connectivity index (χ3v) is 2.84. The number of rotatable bonds is 4. The normalized spacial score (nSPS) is 9.89. The molecule has 0 fully saturated rings. The Balaban J connectivity index is 2.35. The minimum atomic E-state index is 0.00709. The molecule has 0 aliphatic rings. The molecule has 0 saturated carbocycles.